The summed E-state index contributed by atoms with van der Waals surface area (Å²) in [5.41, 5.74) is 6.61. The second-order valence-electron chi connectivity index (χ2n) is 4.39. The van der Waals surface area contributed by atoms with Gasteiger partial charge in [0.05, 0.1) is 22.9 Å². The summed E-state index contributed by atoms with van der Waals surface area (Å²) in [7, 11) is 0. The molecule has 0 heterocycles. The highest BCUT2D eigenvalue weighted by molar-refractivity contribution is 5.94. The van der Waals surface area contributed by atoms with E-state index in [4.69, 9.17) is 16.1 Å². The zero-order valence-corrected chi connectivity index (χ0v) is 10.9. The lowest BCUT2D eigenvalue weighted by Crippen LogP contribution is -2.07. The quantitative estimate of drug-likeness (QED) is 0.750. The van der Waals surface area contributed by atoms with Crippen LogP contribution in [0.4, 0.5) is 15.8 Å². The normalized spacial score (nSPS) is 9.90. The van der Waals surface area contributed by atoms with E-state index in [0.717, 1.165) is 17.7 Å². The Morgan fingerprint density at radius 3 is 2.57 bits per heavy atom. The van der Waals surface area contributed by atoms with Crippen molar-refractivity contribution in [3.63, 3.8) is 0 Å². The van der Waals surface area contributed by atoms with Gasteiger partial charge in [-0.1, -0.05) is 12.1 Å². The number of hydrogen-bond acceptors (Lipinski definition) is 4. The monoisotopic (exact) mass is 285 g/mol. The van der Waals surface area contributed by atoms with Gasteiger partial charge >= 0.3 is 5.97 Å². The molecule has 0 atom stereocenters. The third kappa shape index (κ3) is 3.28. The van der Waals surface area contributed by atoms with E-state index >= 15 is 0 Å². The number of nitrogens with zero attached hydrogens (tertiary/aromatic N) is 1. The Labute approximate surface area is 120 Å². The summed E-state index contributed by atoms with van der Waals surface area (Å²) in [4.78, 5) is 11.0. The maximum atomic E-state index is 13.7. The molecule has 0 fully saturated rings. The fourth-order valence-electron chi connectivity index (χ4n) is 1.80. The van der Waals surface area contributed by atoms with Crippen molar-refractivity contribution in [1.82, 2.24) is 0 Å². The number of carbonyl (C=O) groups is 1. The Balaban J connectivity index is 2.17. The number of benzene rings is 2. The topological polar surface area (TPSA) is 99.1 Å². The van der Waals surface area contributed by atoms with Crippen molar-refractivity contribution >= 4 is 17.3 Å². The first-order chi connectivity index (χ1) is 10.0. The smallest absolute Gasteiger partial charge is 0.337 e. The number of nitrogens with two attached hydrogens (primary N) is 1. The Hall–Kier alpha value is -3.07. The number of carboxylic acids is 1. The Morgan fingerprint density at radius 1 is 1.33 bits per heavy atom. The molecular weight excluding hydrogens is 273 g/mol. The van der Waals surface area contributed by atoms with E-state index in [1.54, 1.807) is 24.3 Å². The van der Waals surface area contributed by atoms with Crippen molar-refractivity contribution in [2.24, 2.45) is 0 Å². The van der Waals surface area contributed by atoms with Crippen molar-refractivity contribution < 1.29 is 14.3 Å². The van der Waals surface area contributed by atoms with Gasteiger partial charge in [-0.05, 0) is 29.8 Å². The number of nitrogen functional groups attached to an aromatic ring is 1. The van der Waals surface area contributed by atoms with Gasteiger partial charge in [-0.2, -0.15) is 5.26 Å². The molecule has 21 heavy (non-hydrogen) atoms. The summed E-state index contributed by atoms with van der Waals surface area (Å²) in [6.45, 7) is 0.297. The Bertz CT molecular complexity index is 721. The van der Waals surface area contributed by atoms with Crippen LogP contribution in [0.3, 0.4) is 0 Å². The second kappa shape index (κ2) is 5.92. The molecule has 6 heteroatoms. The summed E-state index contributed by atoms with van der Waals surface area (Å²) >= 11 is 0. The van der Waals surface area contributed by atoms with E-state index in [0.29, 0.717) is 12.1 Å². The molecule has 106 valence electrons. The predicted octanol–water partition coefficient (Wildman–Crippen LogP) is 2.59. The number of nitrogens with one attached hydrogen (secondary N) is 1. The summed E-state index contributed by atoms with van der Waals surface area (Å²) in [5, 5.41) is 20.5. The Morgan fingerprint density at radius 2 is 2.00 bits per heavy atom. The average Bonchev–Trinajstić information content (AvgIpc) is 2.46. The summed E-state index contributed by atoms with van der Waals surface area (Å²) in [6, 6.07) is 10.9. The van der Waals surface area contributed by atoms with E-state index in [1.807, 2.05) is 6.07 Å². The minimum Gasteiger partial charge on any atom is -0.478 e. The maximum absolute atomic E-state index is 13.7. The zero-order chi connectivity index (χ0) is 15.4. The molecular formula is C15H12FN3O2. The van der Waals surface area contributed by atoms with Crippen molar-refractivity contribution in [3.05, 3.63) is 58.9 Å². The summed E-state index contributed by atoms with van der Waals surface area (Å²) < 4.78 is 13.7. The molecule has 0 radical (unpaired) electrons. The van der Waals surface area contributed by atoms with Gasteiger partial charge in [-0.15, -0.1) is 0 Å². The first-order valence-corrected chi connectivity index (χ1v) is 6.06. The van der Waals surface area contributed by atoms with Crippen LogP contribution in [0.1, 0.15) is 21.5 Å². The van der Waals surface area contributed by atoms with Gasteiger partial charge in [-0.25, -0.2) is 9.18 Å². The van der Waals surface area contributed by atoms with Crippen LogP contribution < -0.4 is 11.1 Å². The summed E-state index contributed by atoms with van der Waals surface area (Å²) in [5.74, 6) is -1.83. The van der Waals surface area contributed by atoms with Gasteiger partial charge in [0.1, 0.15) is 5.82 Å². The fraction of sp³-hybridized carbons (Fsp3) is 0.0667. The van der Waals surface area contributed by atoms with Gasteiger partial charge in [0.15, 0.2) is 0 Å². The molecule has 0 bridgehead atoms. The number of hydrogen-bond donors (Lipinski definition) is 3. The van der Waals surface area contributed by atoms with E-state index in [1.165, 1.54) is 0 Å². The van der Waals surface area contributed by atoms with Gasteiger partial charge in [0, 0.05) is 12.2 Å². The SMILES string of the molecule is N#Cc1ccc(CNc2cc(C(=O)O)c(N)cc2F)cc1. The fourth-order valence-corrected chi connectivity index (χ4v) is 1.80. The van der Waals surface area contributed by atoms with E-state index in [9.17, 15) is 9.18 Å². The standard InChI is InChI=1S/C15H12FN3O2/c16-12-6-13(18)11(15(20)21)5-14(12)19-8-10-3-1-9(7-17)2-4-10/h1-6,19H,8,18H2,(H,20,21). The molecule has 0 saturated carbocycles. The zero-order valence-electron chi connectivity index (χ0n) is 10.9. The first-order valence-electron chi connectivity index (χ1n) is 6.06. The second-order valence-corrected chi connectivity index (χ2v) is 4.39. The third-order valence-corrected chi connectivity index (χ3v) is 2.94. The molecule has 0 aromatic heterocycles. The number of aromatic carboxylic acids is 1. The average molecular weight is 285 g/mol. The molecule has 2 aromatic rings. The molecule has 0 spiro atoms. The molecule has 0 aliphatic heterocycles. The number of carboxylic acid groups (broad SMARTS) is 1. The van der Waals surface area contributed by atoms with Crippen molar-refractivity contribution in [2.45, 2.75) is 6.54 Å². The van der Waals surface area contributed by atoms with Crippen LogP contribution in [-0.2, 0) is 6.54 Å². The third-order valence-electron chi connectivity index (χ3n) is 2.94. The van der Waals surface area contributed by atoms with Crippen LogP contribution in [-0.4, -0.2) is 11.1 Å². The molecule has 0 saturated heterocycles. The van der Waals surface area contributed by atoms with E-state index in [2.05, 4.69) is 5.32 Å². The molecule has 2 aromatic carbocycles. The first kappa shape index (κ1) is 14.3. The number of anilines is 2. The molecule has 0 aliphatic rings. The predicted molar refractivity (Wildman–Crippen MR) is 76.3 cm³/mol. The molecule has 0 aliphatic carbocycles. The van der Waals surface area contributed by atoms with Crippen molar-refractivity contribution in [1.29, 1.82) is 5.26 Å². The van der Waals surface area contributed by atoms with Crippen LogP contribution in [0.2, 0.25) is 0 Å². The molecule has 2 rings (SSSR count). The lowest BCUT2D eigenvalue weighted by atomic mass is 10.1. The number of rotatable bonds is 4. The van der Waals surface area contributed by atoms with Gasteiger partial charge in [0.25, 0.3) is 0 Å². The van der Waals surface area contributed by atoms with Crippen LogP contribution in [0.15, 0.2) is 36.4 Å². The minimum absolute atomic E-state index is 0.0611. The highest BCUT2D eigenvalue weighted by Gasteiger charge is 2.13. The number of halogens is 1. The lowest BCUT2D eigenvalue weighted by molar-refractivity contribution is 0.0698. The number of nitriles is 1. The highest BCUT2D eigenvalue weighted by Crippen LogP contribution is 2.22. The molecule has 0 amide bonds. The molecule has 0 unspecified atom stereocenters. The van der Waals surface area contributed by atoms with Gasteiger partial charge < -0.3 is 16.2 Å². The van der Waals surface area contributed by atoms with Crippen LogP contribution in [0.25, 0.3) is 0 Å². The van der Waals surface area contributed by atoms with Crippen LogP contribution >= 0.6 is 0 Å². The van der Waals surface area contributed by atoms with Crippen molar-refractivity contribution in [3.8, 4) is 6.07 Å². The summed E-state index contributed by atoms with van der Waals surface area (Å²) in [6.07, 6.45) is 0. The van der Waals surface area contributed by atoms with E-state index in [-0.39, 0.29) is 16.9 Å². The Kier molecular flexibility index (Phi) is 4.05. The largest absolute Gasteiger partial charge is 0.478 e. The van der Waals surface area contributed by atoms with Crippen LogP contribution in [0, 0.1) is 17.1 Å². The maximum Gasteiger partial charge on any atom is 0.337 e. The van der Waals surface area contributed by atoms with Crippen molar-refractivity contribution in [2.75, 3.05) is 11.1 Å². The lowest BCUT2D eigenvalue weighted by Gasteiger charge is -2.10. The van der Waals surface area contributed by atoms with Gasteiger partial charge in [0.2, 0.25) is 0 Å². The highest BCUT2D eigenvalue weighted by atomic mass is 19.1. The van der Waals surface area contributed by atoms with Gasteiger partial charge in [-0.3, -0.25) is 0 Å². The molecule has 5 nitrogen and oxygen atoms in total. The van der Waals surface area contributed by atoms with Crippen LogP contribution in [0.5, 0.6) is 0 Å². The molecule has 4 N–H and O–H groups in total. The van der Waals surface area contributed by atoms with E-state index < -0.39 is 11.8 Å². The minimum atomic E-state index is -1.21.